The SMILES string of the molecule is CCNC(=O)CC1N=C(c2ccc(Cl)cc2)c2cc(OCCCCNC(=O)c3cccc(O)c3O)ccc2-n2c(C)nnc21. The lowest BCUT2D eigenvalue weighted by atomic mass is 10.00. The molecular weight excluding hydrogens is 584 g/mol. The fraction of sp³-hybridized carbons (Fsp3) is 0.281. The number of amides is 2. The van der Waals surface area contributed by atoms with Crippen molar-refractivity contribution in [3.8, 4) is 22.9 Å². The van der Waals surface area contributed by atoms with E-state index in [2.05, 4.69) is 20.8 Å². The molecule has 1 aromatic heterocycles. The van der Waals surface area contributed by atoms with Gasteiger partial charge in [-0.15, -0.1) is 10.2 Å². The number of unbranched alkanes of at least 4 members (excludes halogenated alkanes) is 1. The van der Waals surface area contributed by atoms with Crippen molar-refractivity contribution < 1.29 is 24.5 Å². The van der Waals surface area contributed by atoms with E-state index < -0.39 is 17.7 Å². The van der Waals surface area contributed by atoms with Gasteiger partial charge in [-0.1, -0.05) is 29.8 Å². The fourth-order valence-electron chi connectivity index (χ4n) is 5.01. The van der Waals surface area contributed by atoms with E-state index in [1.165, 1.54) is 18.2 Å². The number of aromatic nitrogens is 3. The molecule has 1 aliphatic rings. The van der Waals surface area contributed by atoms with E-state index in [0.717, 1.165) is 16.8 Å². The molecule has 0 saturated carbocycles. The van der Waals surface area contributed by atoms with Crippen molar-refractivity contribution in [2.75, 3.05) is 19.7 Å². The summed E-state index contributed by atoms with van der Waals surface area (Å²) < 4.78 is 8.03. The fourth-order valence-corrected chi connectivity index (χ4v) is 5.14. The third-order valence-electron chi connectivity index (χ3n) is 7.15. The number of phenols is 2. The summed E-state index contributed by atoms with van der Waals surface area (Å²) in [6.45, 7) is 5.02. The number of aromatic hydroxyl groups is 2. The Morgan fingerprint density at radius 2 is 1.82 bits per heavy atom. The van der Waals surface area contributed by atoms with Gasteiger partial charge >= 0.3 is 0 Å². The van der Waals surface area contributed by atoms with Crippen molar-refractivity contribution in [1.82, 2.24) is 25.4 Å². The lowest BCUT2D eigenvalue weighted by molar-refractivity contribution is -0.121. The summed E-state index contributed by atoms with van der Waals surface area (Å²) in [4.78, 5) is 30.1. The molecule has 0 aliphatic carbocycles. The number of aliphatic imine (C=N–C) groups is 1. The van der Waals surface area contributed by atoms with Crippen LogP contribution in [-0.4, -0.2) is 62.2 Å². The van der Waals surface area contributed by atoms with Gasteiger partial charge in [-0.25, -0.2) is 0 Å². The molecule has 4 N–H and O–H groups in total. The van der Waals surface area contributed by atoms with Gasteiger partial charge in [0.15, 0.2) is 17.3 Å². The van der Waals surface area contributed by atoms with Crippen LogP contribution in [0.4, 0.5) is 0 Å². The Hall–Kier alpha value is -4.90. The Labute approximate surface area is 259 Å². The largest absolute Gasteiger partial charge is 0.504 e. The first-order chi connectivity index (χ1) is 21.3. The zero-order valence-corrected chi connectivity index (χ0v) is 25.1. The molecule has 3 aromatic carbocycles. The van der Waals surface area contributed by atoms with E-state index in [4.69, 9.17) is 21.3 Å². The maximum absolute atomic E-state index is 12.7. The highest BCUT2D eigenvalue weighted by Gasteiger charge is 2.30. The van der Waals surface area contributed by atoms with E-state index in [9.17, 15) is 19.8 Å². The number of nitrogens with one attached hydrogen (secondary N) is 2. The Morgan fingerprint density at radius 3 is 2.59 bits per heavy atom. The number of carbonyl (C=O) groups is 2. The average Bonchev–Trinajstić information content (AvgIpc) is 3.33. The molecule has 0 spiro atoms. The number of carbonyl (C=O) groups excluding carboxylic acids is 2. The van der Waals surface area contributed by atoms with E-state index in [1.54, 1.807) is 12.1 Å². The Kier molecular flexibility index (Phi) is 9.44. The number of para-hydroxylation sites is 1. The molecule has 44 heavy (non-hydrogen) atoms. The van der Waals surface area contributed by atoms with E-state index in [-0.39, 0.29) is 23.6 Å². The number of benzene rings is 3. The summed E-state index contributed by atoms with van der Waals surface area (Å²) in [6, 6.07) is 16.8. The molecule has 5 rings (SSSR count). The van der Waals surface area contributed by atoms with E-state index in [1.807, 2.05) is 48.7 Å². The molecule has 12 heteroatoms. The van der Waals surface area contributed by atoms with Crippen LogP contribution in [0.3, 0.4) is 0 Å². The van der Waals surface area contributed by atoms with Crippen molar-refractivity contribution in [3.05, 3.63) is 94.0 Å². The molecule has 1 atom stereocenters. The van der Waals surface area contributed by atoms with Gasteiger partial charge in [0.2, 0.25) is 5.91 Å². The molecule has 1 unspecified atom stereocenters. The molecule has 0 bridgehead atoms. The first-order valence-corrected chi connectivity index (χ1v) is 14.7. The molecule has 0 fully saturated rings. The Balaban J connectivity index is 1.34. The number of ether oxygens (including phenoxy) is 1. The average molecular weight is 617 g/mol. The van der Waals surface area contributed by atoms with Gasteiger partial charge in [0.05, 0.1) is 30.0 Å². The second-order valence-electron chi connectivity index (χ2n) is 10.3. The third-order valence-corrected chi connectivity index (χ3v) is 7.40. The normalized spacial score (nSPS) is 13.7. The molecule has 2 heterocycles. The highest BCUT2D eigenvalue weighted by atomic mass is 35.5. The number of hydrogen-bond donors (Lipinski definition) is 4. The van der Waals surface area contributed by atoms with Gasteiger partial charge in [-0.05, 0) is 69.2 Å². The Morgan fingerprint density at radius 1 is 1.02 bits per heavy atom. The van der Waals surface area contributed by atoms with Gasteiger partial charge < -0.3 is 25.6 Å². The monoisotopic (exact) mass is 616 g/mol. The first kappa shape index (κ1) is 30.6. The predicted octanol–water partition coefficient (Wildman–Crippen LogP) is 4.65. The van der Waals surface area contributed by atoms with E-state index in [0.29, 0.717) is 60.7 Å². The van der Waals surface area contributed by atoms with Gasteiger partial charge in [0.1, 0.15) is 17.6 Å². The number of nitrogens with zero attached hydrogens (tertiary/aromatic N) is 4. The van der Waals surface area contributed by atoms with Crippen LogP contribution in [0.2, 0.25) is 5.02 Å². The minimum Gasteiger partial charge on any atom is -0.504 e. The summed E-state index contributed by atoms with van der Waals surface area (Å²) in [6.07, 6.45) is 1.41. The highest BCUT2D eigenvalue weighted by molar-refractivity contribution is 6.30. The minimum absolute atomic E-state index is 0.0177. The van der Waals surface area contributed by atoms with Crippen LogP contribution in [0.15, 0.2) is 65.7 Å². The molecular formula is C32H33ClN6O5. The van der Waals surface area contributed by atoms with Crippen LogP contribution in [-0.2, 0) is 4.79 Å². The van der Waals surface area contributed by atoms with Crippen LogP contribution in [0.25, 0.3) is 5.69 Å². The third kappa shape index (κ3) is 6.68. The molecule has 1 aliphatic heterocycles. The van der Waals surface area contributed by atoms with E-state index >= 15 is 0 Å². The van der Waals surface area contributed by atoms with Crippen LogP contribution in [0.5, 0.6) is 17.2 Å². The smallest absolute Gasteiger partial charge is 0.255 e. The molecule has 2 amide bonds. The quantitative estimate of drug-likeness (QED) is 0.141. The number of rotatable bonds is 11. The zero-order valence-electron chi connectivity index (χ0n) is 24.4. The molecule has 0 saturated heterocycles. The first-order valence-electron chi connectivity index (χ1n) is 14.4. The second-order valence-corrected chi connectivity index (χ2v) is 10.7. The lowest BCUT2D eigenvalue weighted by Crippen LogP contribution is -2.25. The van der Waals surface area contributed by atoms with Gasteiger partial charge in [0.25, 0.3) is 5.91 Å². The maximum Gasteiger partial charge on any atom is 0.255 e. The van der Waals surface area contributed by atoms with Gasteiger partial charge in [0, 0.05) is 29.2 Å². The molecule has 4 aromatic rings. The summed E-state index contributed by atoms with van der Waals surface area (Å²) >= 11 is 6.19. The van der Waals surface area contributed by atoms with Crippen molar-refractivity contribution in [1.29, 1.82) is 0 Å². The summed E-state index contributed by atoms with van der Waals surface area (Å²) in [5.74, 6) is 0.500. The summed E-state index contributed by atoms with van der Waals surface area (Å²) in [7, 11) is 0. The predicted molar refractivity (Wildman–Crippen MR) is 166 cm³/mol. The van der Waals surface area contributed by atoms with Crippen molar-refractivity contribution in [2.45, 2.75) is 39.2 Å². The van der Waals surface area contributed by atoms with Crippen LogP contribution < -0.4 is 15.4 Å². The number of hydrogen-bond acceptors (Lipinski definition) is 8. The molecule has 0 radical (unpaired) electrons. The molecule has 11 nitrogen and oxygen atoms in total. The maximum atomic E-state index is 12.7. The van der Waals surface area contributed by atoms with Crippen molar-refractivity contribution >= 4 is 29.1 Å². The van der Waals surface area contributed by atoms with Gasteiger partial charge in [-0.3, -0.25) is 19.1 Å². The summed E-state index contributed by atoms with van der Waals surface area (Å²) in [5.41, 5.74) is 3.15. The van der Waals surface area contributed by atoms with Crippen molar-refractivity contribution in [2.24, 2.45) is 4.99 Å². The van der Waals surface area contributed by atoms with Gasteiger partial charge in [-0.2, -0.15) is 0 Å². The topological polar surface area (TPSA) is 151 Å². The standard InChI is InChI=1S/C32H33ClN6O5/c1-3-34-28(41)18-25-31-38-37-19(2)39(31)26-14-13-22(17-24(26)29(36-25)20-9-11-21(33)12-10-20)44-16-5-4-15-35-32(43)23-7-6-8-27(40)30(23)42/h6-14,17,25,40,42H,3-5,15-16,18H2,1-2H3,(H,34,41)(H,35,43). The zero-order chi connectivity index (χ0) is 31.2. The summed E-state index contributed by atoms with van der Waals surface area (Å²) in [5, 5.41) is 34.4. The highest BCUT2D eigenvalue weighted by Crippen LogP contribution is 2.34. The van der Waals surface area contributed by atoms with Crippen LogP contribution in [0.1, 0.15) is 65.4 Å². The molecule has 228 valence electrons. The lowest BCUT2D eigenvalue weighted by Gasteiger charge is -2.15. The minimum atomic E-state index is -0.567. The Bertz CT molecular complexity index is 1700. The van der Waals surface area contributed by atoms with Crippen LogP contribution >= 0.6 is 11.6 Å². The number of phenolic OH excluding ortho intramolecular Hbond substituents is 2. The number of halogens is 1. The second kappa shape index (κ2) is 13.6. The number of aryl methyl sites for hydroxylation is 1. The van der Waals surface area contributed by atoms with Crippen LogP contribution in [0, 0.1) is 6.92 Å². The number of fused-ring (bicyclic) bond motifs is 3. The van der Waals surface area contributed by atoms with Crippen molar-refractivity contribution in [3.63, 3.8) is 0 Å².